The van der Waals surface area contributed by atoms with Crippen LogP contribution in [0.15, 0.2) is 18.2 Å². The maximum atomic E-state index is 9.30. The van der Waals surface area contributed by atoms with Crippen LogP contribution in [0, 0.1) is 11.3 Å². The van der Waals surface area contributed by atoms with Crippen molar-refractivity contribution in [3.05, 3.63) is 29.3 Å². The maximum Gasteiger partial charge on any atom is 0.101 e. The van der Waals surface area contributed by atoms with Crippen LogP contribution < -0.4 is 10.2 Å². The number of benzene rings is 1. The van der Waals surface area contributed by atoms with E-state index in [-0.39, 0.29) is 0 Å². The molecule has 0 aliphatic carbocycles. The zero-order valence-corrected chi connectivity index (χ0v) is 10.9. The van der Waals surface area contributed by atoms with Crippen molar-refractivity contribution in [1.82, 2.24) is 5.32 Å². The van der Waals surface area contributed by atoms with Crippen LogP contribution in [0.2, 0.25) is 0 Å². The van der Waals surface area contributed by atoms with Gasteiger partial charge in [0.15, 0.2) is 0 Å². The fraction of sp³-hybridized carbons (Fsp3) is 0.500. The van der Waals surface area contributed by atoms with E-state index < -0.39 is 0 Å². The Balaban J connectivity index is 2.29. The van der Waals surface area contributed by atoms with Crippen molar-refractivity contribution in [2.75, 3.05) is 31.7 Å². The largest absolute Gasteiger partial charge is 0.377 e. The molecule has 1 aliphatic rings. The van der Waals surface area contributed by atoms with Gasteiger partial charge in [0.1, 0.15) is 6.07 Å². The van der Waals surface area contributed by atoms with E-state index in [4.69, 9.17) is 4.74 Å². The minimum atomic E-state index is 0.320. The molecule has 4 nitrogen and oxygen atoms in total. The molecule has 0 radical (unpaired) electrons. The van der Waals surface area contributed by atoms with E-state index >= 15 is 0 Å². The molecule has 2 rings (SSSR count). The molecule has 1 aromatic carbocycles. The van der Waals surface area contributed by atoms with Gasteiger partial charge in [-0.2, -0.15) is 5.26 Å². The molecule has 0 amide bonds. The Labute approximate surface area is 108 Å². The summed E-state index contributed by atoms with van der Waals surface area (Å²) in [5.74, 6) is 0. The van der Waals surface area contributed by atoms with Crippen LogP contribution >= 0.6 is 0 Å². The Morgan fingerprint density at radius 3 is 3.06 bits per heavy atom. The highest BCUT2D eigenvalue weighted by atomic mass is 16.5. The smallest absolute Gasteiger partial charge is 0.101 e. The summed E-state index contributed by atoms with van der Waals surface area (Å²) in [6, 6.07) is 8.72. The van der Waals surface area contributed by atoms with Gasteiger partial charge in [0, 0.05) is 19.1 Å². The topological polar surface area (TPSA) is 48.3 Å². The lowest BCUT2D eigenvalue weighted by molar-refractivity contribution is 0.0989. The van der Waals surface area contributed by atoms with Gasteiger partial charge >= 0.3 is 0 Å². The van der Waals surface area contributed by atoms with E-state index in [1.807, 2.05) is 19.2 Å². The first-order chi connectivity index (χ1) is 8.76. The highest BCUT2D eigenvalue weighted by molar-refractivity contribution is 5.61. The number of nitriles is 1. The molecule has 1 unspecified atom stereocenters. The van der Waals surface area contributed by atoms with Gasteiger partial charge < -0.3 is 15.0 Å². The fourth-order valence-corrected chi connectivity index (χ4v) is 2.32. The Bertz CT molecular complexity index is 453. The number of nitrogens with one attached hydrogen (secondary N) is 1. The number of nitrogens with zero attached hydrogens (tertiary/aromatic N) is 2. The number of rotatable bonds is 3. The van der Waals surface area contributed by atoms with Crippen LogP contribution in [-0.2, 0) is 11.3 Å². The van der Waals surface area contributed by atoms with Crippen molar-refractivity contribution in [3.63, 3.8) is 0 Å². The second-order valence-electron chi connectivity index (χ2n) is 4.61. The normalized spacial score (nSPS) is 19.6. The maximum absolute atomic E-state index is 9.30. The predicted molar refractivity (Wildman–Crippen MR) is 71.5 cm³/mol. The first-order valence-electron chi connectivity index (χ1n) is 6.28. The number of hydrogen-bond donors (Lipinski definition) is 1. The summed E-state index contributed by atoms with van der Waals surface area (Å²) in [5.41, 5.74) is 2.91. The molecule has 96 valence electrons. The quantitative estimate of drug-likeness (QED) is 0.876. The molecule has 1 fully saturated rings. The van der Waals surface area contributed by atoms with Crippen molar-refractivity contribution in [1.29, 1.82) is 5.26 Å². The van der Waals surface area contributed by atoms with Gasteiger partial charge in [-0.1, -0.05) is 6.07 Å². The van der Waals surface area contributed by atoms with Gasteiger partial charge in [-0.25, -0.2) is 0 Å². The van der Waals surface area contributed by atoms with E-state index in [0.717, 1.165) is 43.1 Å². The molecular weight excluding hydrogens is 226 g/mol. The van der Waals surface area contributed by atoms with Gasteiger partial charge in [0.05, 0.1) is 24.5 Å². The fourth-order valence-electron chi connectivity index (χ4n) is 2.32. The molecule has 0 saturated carbocycles. The van der Waals surface area contributed by atoms with Crippen LogP contribution in [-0.4, -0.2) is 32.8 Å². The third-order valence-electron chi connectivity index (χ3n) is 3.24. The Hall–Kier alpha value is -1.57. The van der Waals surface area contributed by atoms with Crippen LogP contribution in [0.1, 0.15) is 18.1 Å². The van der Waals surface area contributed by atoms with Crippen molar-refractivity contribution < 1.29 is 4.74 Å². The number of anilines is 1. The van der Waals surface area contributed by atoms with Gasteiger partial charge in [0.25, 0.3) is 0 Å². The Kier molecular flexibility index (Phi) is 4.19. The van der Waals surface area contributed by atoms with Gasteiger partial charge in [0.2, 0.25) is 0 Å². The average molecular weight is 245 g/mol. The molecule has 0 bridgehead atoms. The van der Waals surface area contributed by atoms with Crippen molar-refractivity contribution in [3.8, 4) is 6.07 Å². The zero-order valence-electron chi connectivity index (χ0n) is 10.9. The van der Waals surface area contributed by atoms with Crippen LogP contribution in [0.5, 0.6) is 0 Å². The summed E-state index contributed by atoms with van der Waals surface area (Å²) in [7, 11) is 1.91. The summed E-state index contributed by atoms with van der Waals surface area (Å²) in [6.07, 6.45) is 0. The third-order valence-corrected chi connectivity index (χ3v) is 3.24. The number of hydrogen-bond acceptors (Lipinski definition) is 4. The van der Waals surface area contributed by atoms with Crippen molar-refractivity contribution in [2.24, 2.45) is 0 Å². The van der Waals surface area contributed by atoms with Crippen LogP contribution in [0.25, 0.3) is 0 Å². The van der Waals surface area contributed by atoms with E-state index in [1.54, 1.807) is 0 Å². The molecule has 18 heavy (non-hydrogen) atoms. The molecule has 1 aromatic rings. The summed E-state index contributed by atoms with van der Waals surface area (Å²) >= 11 is 0. The molecule has 1 atom stereocenters. The predicted octanol–water partition coefficient (Wildman–Crippen LogP) is 1.50. The van der Waals surface area contributed by atoms with Crippen LogP contribution in [0.3, 0.4) is 0 Å². The molecule has 0 spiro atoms. The van der Waals surface area contributed by atoms with Crippen molar-refractivity contribution in [2.45, 2.75) is 19.5 Å². The van der Waals surface area contributed by atoms with E-state index in [0.29, 0.717) is 6.04 Å². The SMILES string of the molecule is CNCc1ccc(N2CCOCC2C)c(C#N)c1. The molecule has 1 aliphatic heterocycles. The standard InChI is InChI=1S/C14H19N3O/c1-11-10-18-6-5-17(11)14-4-3-12(9-16-2)7-13(14)8-15/h3-4,7,11,16H,5-6,9-10H2,1-2H3. The molecular formula is C14H19N3O. The van der Waals surface area contributed by atoms with Gasteiger partial charge in [-0.3, -0.25) is 0 Å². The summed E-state index contributed by atoms with van der Waals surface area (Å²) < 4.78 is 5.43. The van der Waals surface area contributed by atoms with E-state index in [2.05, 4.69) is 29.3 Å². The van der Waals surface area contributed by atoms with Gasteiger partial charge in [-0.05, 0) is 31.7 Å². The monoisotopic (exact) mass is 245 g/mol. The number of ether oxygens (including phenoxy) is 1. The molecule has 1 N–H and O–H groups in total. The second kappa shape index (κ2) is 5.85. The molecule has 0 aromatic heterocycles. The zero-order chi connectivity index (χ0) is 13.0. The first kappa shape index (κ1) is 12.9. The summed E-state index contributed by atoms with van der Waals surface area (Å²) in [5, 5.41) is 12.4. The minimum absolute atomic E-state index is 0.320. The lowest BCUT2D eigenvalue weighted by Crippen LogP contribution is -2.44. The molecule has 1 heterocycles. The molecule has 4 heteroatoms. The number of morpholine rings is 1. The Morgan fingerprint density at radius 1 is 1.56 bits per heavy atom. The summed E-state index contributed by atoms with van der Waals surface area (Å²) in [6.45, 7) is 5.22. The van der Waals surface area contributed by atoms with Crippen molar-refractivity contribution >= 4 is 5.69 Å². The first-order valence-corrected chi connectivity index (χ1v) is 6.28. The minimum Gasteiger partial charge on any atom is -0.377 e. The van der Waals surface area contributed by atoms with E-state index in [1.165, 1.54) is 0 Å². The highest BCUT2D eigenvalue weighted by Crippen LogP contribution is 2.25. The second-order valence-corrected chi connectivity index (χ2v) is 4.61. The lowest BCUT2D eigenvalue weighted by Gasteiger charge is -2.35. The molecule has 1 saturated heterocycles. The van der Waals surface area contributed by atoms with Gasteiger partial charge in [-0.15, -0.1) is 0 Å². The van der Waals surface area contributed by atoms with Crippen LogP contribution in [0.4, 0.5) is 5.69 Å². The highest BCUT2D eigenvalue weighted by Gasteiger charge is 2.21. The van der Waals surface area contributed by atoms with E-state index in [9.17, 15) is 5.26 Å². The average Bonchev–Trinajstić information content (AvgIpc) is 2.40. The Morgan fingerprint density at radius 2 is 2.39 bits per heavy atom. The third kappa shape index (κ3) is 2.63. The summed E-state index contributed by atoms with van der Waals surface area (Å²) in [4.78, 5) is 2.26. The lowest BCUT2D eigenvalue weighted by atomic mass is 10.1.